The van der Waals surface area contributed by atoms with Crippen LogP contribution in [0.4, 0.5) is 0 Å². The second-order valence-electron chi connectivity index (χ2n) is 5.42. The molecule has 2 unspecified atom stereocenters. The lowest BCUT2D eigenvalue weighted by Gasteiger charge is -2.20. The highest BCUT2D eigenvalue weighted by molar-refractivity contribution is 9.10. The Hall–Kier alpha value is -0.580. The second-order valence-corrected chi connectivity index (χ2v) is 6.27. The van der Waals surface area contributed by atoms with Crippen LogP contribution in [-0.2, 0) is 4.74 Å². The minimum absolute atomic E-state index is 0.216. The molecule has 1 aromatic carbocycles. The van der Waals surface area contributed by atoms with Crippen molar-refractivity contribution in [3.8, 4) is 5.75 Å². The smallest absolute Gasteiger partial charge is 0.133 e. The van der Waals surface area contributed by atoms with Crippen molar-refractivity contribution in [2.75, 3.05) is 20.3 Å². The quantitative estimate of drug-likeness (QED) is 0.901. The van der Waals surface area contributed by atoms with Crippen molar-refractivity contribution in [2.24, 2.45) is 5.92 Å². The molecule has 0 radical (unpaired) electrons. The van der Waals surface area contributed by atoms with Gasteiger partial charge in [0.05, 0.1) is 17.7 Å². The van der Waals surface area contributed by atoms with Crippen LogP contribution in [0.1, 0.15) is 30.9 Å². The molecule has 1 aliphatic heterocycles. The monoisotopic (exact) mass is 325 g/mol. The number of halogens is 1. The Morgan fingerprint density at radius 1 is 1.37 bits per heavy atom. The predicted octanol–water partition coefficient (Wildman–Crippen LogP) is 3.29. The first-order valence-electron chi connectivity index (χ1n) is 6.96. The van der Waals surface area contributed by atoms with Gasteiger partial charge in [0.2, 0.25) is 0 Å². The first-order chi connectivity index (χ1) is 9.28. The van der Waals surface area contributed by atoms with Crippen molar-refractivity contribution in [1.29, 1.82) is 0 Å². The molecule has 1 heterocycles. The molecule has 2 aliphatic rings. The fourth-order valence-electron chi connectivity index (χ4n) is 2.68. The van der Waals surface area contributed by atoms with Gasteiger partial charge in [-0.1, -0.05) is 6.07 Å². The minimum atomic E-state index is 0.216. The Bertz CT molecular complexity index is 448. The summed E-state index contributed by atoms with van der Waals surface area (Å²) in [4.78, 5) is 0. The van der Waals surface area contributed by atoms with Crippen LogP contribution in [0.25, 0.3) is 0 Å². The van der Waals surface area contributed by atoms with E-state index in [2.05, 4.69) is 33.4 Å². The maximum Gasteiger partial charge on any atom is 0.133 e. The molecule has 4 heteroatoms. The molecule has 2 fully saturated rings. The lowest BCUT2D eigenvalue weighted by Crippen LogP contribution is -2.26. The summed E-state index contributed by atoms with van der Waals surface area (Å²) < 4.78 is 12.2. The van der Waals surface area contributed by atoms with Gasteiger partial charge in [-0.15, -0.1) is 0 Å². The predicted molar refractivity (Wildman–Crippen MR) is 78.5 cm³/mol. The molecule has 3 nitrogen and oxygen atoms in total. The molecule has 1 N–H and O–H groups in total. The lowest BCUT2D eigenvalue weighted by molar-refractivity contribution is 0.0903. The molecule has 1 saturated carbocycles. The summed E-state index contributed by atoms with van der Waals surface area (Å²) >= 11 is 3.55. The number of ether oxygens (including phenoxy) is 2. The van der Waals surface area contributed by atoms with Crippen molar-refractivity contribution in [1.82, 2.24) is 5.32 Å². The first-order valence-corrected chi connectivity index (χ1v) is 7.75. The molecule has 2 atom stereocenters. The van der Waals surface area contributed by atoms with Crippen LogP contribution in [0.5, 0.6) is 5.75 Å². The molecule has 0 amide bonds. The Balaban J connectivity index is 1.70. The summed E-state index contributed by atoms with van der Waals surface area (Å²) in [7, 11) is 1.69. The van der Waals surface area contributed by atoms with Crippen LogP contribution in [-0.4, -0.2) is 26.3 Å². The maximum atomic E-state index is 5.93. The van der Waals surface area contributed by atoms with E-state index in [4.69, 9.17) is 9.47 Å². The largest absolute Gasteiger partial charge is 0.496 e. The van der Waals surface area contributed by atoms with E-state index >= 15 is 0 Å². The number of methoxy groups -OCH3 is 1. The second kappa shape index (κ2) is 5.81. The lowest BCUT2D eigenvalue weighted by atomic mass is 9.95. The third-order valence-electron chi connectivity index (χ3n) is 3.96. The van der Waals surface area contributed by atoms with Crippen LogP contribution in [0.3, 0.4) is 0 Å². The van der Waals surface area contributed by atoms with Crippen molar-refractivity contribution < 1.29 is 9.47 Å². The number of rotatable bonds is 5. The standard InChI is InChI=1S/C15H20BrNO2/c1-18-14-5-2-10(8-13(14)16)15-11(6-7-19-15)9-17-12-3-4-12/h2,5,8,11-12,15,17H,3-4,6-7,9H2,1H3. The highest BCUT2D eigenvalue weighted by Gasteiger charge is 2.31. The number of hydrogen-bond acceptors (Lipinski definition) is 3. The van der Waals surface area contributed by atoms with Gasteiger partial charge in [0.15, 0.2) is 0 Å². The Morgan fingerprint density at radius 3 is 2.89 bits per heavy atom. The van der Waals surface area contributed by atoms with Gasteiger partial charge in [-0.05, 0) is 52.9 Å². The van der Waals surface area contributed by atoms with Crippen molar-refractivity contribution in [3.63, 3.8) is 0 Å². The van der Waals surface area contributed by atoms with E-state index in [1.54, 1.807) is 7.11 Å². The average molecular weight is 326 g/mol. The third kappa shape index (κ3) is 3.12. The van der Waals surface area contributed by atoms with Crippen LogP contribution < -0.4 is 10.1 Å². The summed E-state index contributed by atoms with van der Waals surface area (Å²) in [5.74, 6) is 1.45. The summed E-state index contributed by atoms with van der Waals surface area (Å²) in [6.07, 6.45) is 4.04. The van der Waals surface area contributed by atoms with Gasteiger partial charge in [0.1, 0.15) is 5.75 Å². The third-order valence-corrected chi connectivity index (χ3v) is 4.58. The Kier molecular flexibility index (Phi) is 4.10. The van der Waals surface area contributed by atoms with E-state index < -0.39 is 0 Å². The molecule has 1 aliphatic carbocycles. The SMILES string of the molecule is COc1ccc(C2OCCC2CNC2CC2)cc1Br. The van der Waals surface area contributed by atoms with Crippen molar-refractivity contribution >= 4 is 15.9 Å². The fraction of sp³-hybridized carbons (Fsp3) is 0.600. The van der Waals surface area contributed by atoms with Crippen LogP contribution in [0, 0.1) is 5.92 Å². The fourth-order valence-corrected chi connectivity index (χ4v) is 3.23. The number of nitrogens with one attached hydrogen (secondary N) is 1. The minimum Gasteiger partial charge on any atom is -0.496 e. The van der Waals surface area contributed by atoms with Gasteiger partial charge >= 0.3 is 0 Å². The molecule has 0 bridgehead atoms. The Morgan fingerprint density at radius 2 is 2.21 bits per heavy atom. The van der Waals surface area contributed by atoms with E-state index in [1.807, 2.05) is 6.07 Å². The zero-order chi connectivity index (χ0) is 13.2. The van der Waals surface area contributed by atoms with Gasteiger partial charge in [0, 0.05) is 25.1 Å². The molecule has 0 aromatic heterocycles. The first kappa shape index (κ1) is 13.4. The average Bonchev–Trinajstić information content (AvgIpc) is 3.13. The molecule has 104 valence electrons. The topological polar surface area (TPSA) is 30.5 Å². The van der Waals surface area contributed by atoms with Crippen LogP contribution >= 0.6 is 15.9 Å². The van der Waals surface area contributed by atoms with Gasteiger partial charge < -0.3 is 14.8 Å². The van der Waals surface area contributed by atoms with Crippen molar-refractivity contribution in [2.45, 2.75) is 31.4 Å². The van der Waals surface area contributed by atoms with Gasteiger partial charge in [-0.3, -0.25) is 0 Å². The van der Waals surface area contributed by atoms with E-state index in [9.17, 15) is 0 Å². The zero-order valence-corrected chi connectivity index (χ0v) is 12.8. The summed E-state index contributed by atoms with van der Waals surface area (Å²) in [6, 6.07) is 7.01. The Labute approximate surface area is 122 Å². The van der Waals surface area contributed by atoms with Crippen LogP contribution in [0.15, 0.2) is 22.7 Å². The van der Waals surface area contributed by atoms with E-state index in [0.717, 1.165) is 35.8 Å². The highest BCUT2D eigenvalue weighted by Crippen LogP contribution is 2.37. The summed E-state index contributed by atoms with van der Waals surface area (Å²) in [5.41, 5.74) is 1.24. The number of benzene rings is 1. The molecule has 19 heavy (non-hydrogen) atoms. The maximum absolute atomic E-state index is 5.93. The van der Waals surface area contributed by atoms with Gasteiger partial charge in [-0.25, -0.2) is 0 Å². The van der Waals surface area contributed by atoms with Gasteiger partial charge in [-0.2, -0.15) is 0 Å². The van der Waals surface area contributed by atoms with Crippen molar-refractivity contribution in [3.05, 3.63) is 28.2 Å². The van der Waals surface area contributed by atoms with E-state index in [0.29, 0.717) is 5.92 Å². The normalized spacial score (nSPS) is 26.6. The molecule has 1 saturated heterocycles. The summed E-state index contributed by atoms with van der Waals surface area (Å²) in [5, 5.41) is 3.62. The molecular weight excluding hydrogens is 306 g/mol. The number of hydrogen-bond donors (Lipinski definition) is 1. The zero-order valence-electron chi connectivity index (χ0n) is 11.2. The highest BCUT2D eigenvalue weighted by atomic mass is 79.9. The molecule has 1 aromatic rings. The van der Waals surface area contributed by atoms with E-state index in [1.165, 1.54) is 18.4 Å². The molecule has 0 spiro atoms. The molecular formula is C15H20BrNO2. The van der Waals surface area contributed by atoms with Gasteiger partial charge in [0.25, 0.3) is 0 Å². The summed E-state index contributed by atoms with van der Waals surface area (Å²) in [6.45, 7) is 1.93. The van der Waals surface area contributed by atoms with E-state index in [-0.39, 0.29) is 6.10 Å². The van der Waals surface area contributed by atoms with Crippen LogP contribution in [0.2, 0.25) is 0 Å². The molecule has 3 rings (SSSR count).